The van der Waals surface area contributed by atoms with Crippen LogP contribution in [0.5, 0.6) is 0 Å². The third-order valence-electron chi connectivity index (χ3n) is 5.00. The molecule has 5 rings (SSSR count). The lowest BCUT2D eigenvalue weighted by atomic mass is 9.99. The van der Waals surface area contributed by atoms with Gasteiger partial charge in [-0.15, -0.1) is 0 Å². The van der Waals surface area contributed by atoms with Crippen molar-refractivity contribution in [3.05, 3.63) is 95.1 Å². The Kier molecular flexibility index (Phi) is 3.45. The van der Waals surface area contributed by atoms with Crippen molar-refractivity contribution in [1.82, 2.24) is 0 Å². The number of hydrogen-bond acceptors (Lipinski definition) is 3. The summed E-state index contributed by atoms with van der Waals surface area (Å²) in [6, 6.07) is 23.9. The molecule has 0 bridgehead atoms. The molecule has 1 aliphatic carbocycles. The number of rotatable bonds is 3. The number of ketones is 1. The number of carbonyl (C=O) groups excluding carboxylic acids is 1. The van der Waals surface area contributed by atoms with Crippen LogP contribution in [-0.4, -0.2) is 24.3 Å². The molecule has 3 aromatic rings. The van der Waals surface area contributed by atoms with Gasteiger partial charge in [-0.3, -0.25) is 4.79 Å². The van der Waals surface area contributed by atoms with Gasteiger partial charge in [-0.05, 0) is 17.2 Å². The molecule has 0 N–H and O–H groups in total. The zero-order valence-corrected chi connectivity index (χ0v) is 14.2. The fraction of sp³-hybridized carbons (Fsp3) is 0.130. The van der Waals surface area contributed by atoms with E-state index in [0.29, 0.717) is 12.4 Å². The van der Waals surface area contributed by atoms with Gasteiger partial charge in [0, 0.05) is 28.7 Å². The van der Waals surface area contributed by atoms with Crippen LogP contribution in [0.2, 0.25) is 0 Å². The van der Waals surface area contributed by atoms with Gasteiger partial charge in [0.2, 0.25) is 5.90 Å². The molecular formula is C23H17NO2. The minimum Gasteiger partial charge on any atom is -0.472 e. The number of benzene rings is 3. The van der Waals surface area contributed by atoms with Crippen molar-refractivity contribution in [1.29, 1.82) is 0 Å². The molecule has 0 fully saturated rings. The minimum absolute atomic E-state index is 0.0376. The molecule has 3 heteroatoms. The summed E-state index contributed by atoms with van der Waals surface area (Å²) in [5.41, 5.74) is 5.58. The molecule has 0 unspecified atom stereocenters. The fourth-order valence-corrected chi connectivity index (χ4v) is 3.80. The lowest BCUT2D eigenvalue weighted by molar-refractivity contribution is 0.104. The van der Waals surface area contributed by atoms with Crippen LogP contribution in [0.3, 0.4) is 0 Å². The Morgan fingerprint density at radius 2 is 1.50 bits per heavy atom. The van der Waals surface area contributed by atoms with E-state index < -0.39 is 0 Å². The molecule has 3 nitrogen and oxygen atoms in total. The molecule has 0 amide bonds. The van der Waals surface area contributed by atoms with Gasteiger partial charge in [0.1, 0.15) is 6.10 Å². The zero-order chi connectivity index (χ0) is 17.5. The molecule has 2 aliphatic rings. The molecule has 0 saturated heterocycles. The smallest absolute Gasteiger partial charge is 0.217 e. The van der Waals surface area contributed by atoms with E-state index in [4.69, 9.17) is 4.74 Å². The van der Waals surface area contributed by atoms with Crippen molar-refractivity contribution >= 4 is 11.7 Å². The Morgan fingerprint density at radius 3 is 2.35 bits per heavy atom. The number of nitrogens with zero attached hydrogens (tertiary/aromatic N) is 1. The average Bonchev–Trinajstić information content (AvgIpc) is 3.26. The van der Waals surface area contributed by atoms with Crippen molar-refractivity contribution in [3.8, 4) is 11.1 Å². The monoisotopic (exact) mass is 339 g/mol. The predicted molar refractivity (Wildman–Crippen MR) is 102 cm³/mol. The Labute approximate surface area is 152 Å². The third-order valence-corrected chi connectivity index (χ3v) is 5.00. The van der Waals surface area contributed by atoms with Gasteiger partial charge in [0.15, 0.2) is 5.78 Å². The van der Waals surface area contributed by atoms with E-state index in [9.17, 15) is 4.79 Å². The van der Waals surface area contributed by atoms with Gasteiger partial charge in [0.05, 0.1) is 6.54 Å². The second-order valence-electron chi connectivity index (χ2n) is 6.68. The number of carbonyl (C=O) groups is 1. The van der Waals surface area contributed by atoms with Crippen LogP contribution < -0.4 is 0 Å². The normalized spacial score (nSPS) is 17.5. The molecular weight excluding hydrogens is 322 g/mol. The average molecular weight is 339 g/mol. The summed E-state index contributed by atoms with van der Waals surface area (Å²) in [5.74, 6) is 0.726. The van der Waals surface area contributed by atoms with Gasteiger partial charge in [-0.25, -0.2) is 4.99 Å². The SMILES string of the molecule is O=C1c2ccccc2-c2c1cccc2C1=NC[C@@H](Cc2ccccc2)O1. The Morgan fingerprint density at radius 1 is 0.808 bits per heavy atom. The van der Waals surface area contributed by atoms with Gasteiger partial charge >= 0.3 is 0 Å². The zero-order valence-electron chi connectivity index (χ0n) is 14.2. The summed E-state index contributed by atoms with van der Waals surface area (Å²) >= 11 is 0. The Balaban J connectivity index is 1.48. The van der Waals surface area contributed by atoms with Crippen LogP contribution in [-0.2, 0) is 11.2 Å². The summed E-state index contributed by atoms with van der Waals surface area (Å²) in [7, 11) is 0. The number of aliphatic imine (C=N–C) groups is 1. The maximum absolute atomic E-state index is 12.7. The molecule has 1 atom stereocenters. The van der Waals surface area contributed by atoms with Crippen molar-refractivity contribution in [2.45, 2.75) is 12.5 Å². The molecule has 0 radical (unpaired) electrons. The first kappa shape index (κ1) is 15.1. The number of fused-ring (bicyclic) bond motifs is 3. The maximum Gasteiger partial charge on any atom is 0.217 e. The van der Waals surface area contributed by atoms with Gasteiger partial charge in [-0.2, -0.15) is 0 Å². The molecule has 3 aromatic carbocycles. The first-order chi connectivity index (χ1) is 12.8. The fourth-order valence-electron chi connectivity index (χ4n) is 3.80. The van der Waals surface area contributed by atoms with E-state index in [-0.39, 0.29) is 11.9 Å². The topological polar surface area (TPSA) is 38.7 Å². The highest BCUT2D eigenvalue weighted by atomic mass is 16.5. The quantitative estimate of drug-likeness (QED) is 0.559. The van der Waals surface area contributed by atoms with E-state index in [0.717, 1.165) is 34.2 Å². The standard InChI is InChI=1S/C23H17NO2/c25-22-18-10-5-4-9-17(18)21-19(22)11-6-12-20(21)23-24-14-16(26-23)13-15-7-2-1-3-8-15/h1-12,16H,13-14H2/t16-/m1/s1. The summed E-state index contributed by atoms with van der Waals surface area (Å²) < 4.78 is 6.17. The van der Waals surface area contributed by atoms with Gasteiger partial charge in [0.25, 0.3) is 0 Å². The van der Waals surface area contributed by atoms with Crippen molar-refractivity contribution in [3.63, 3.8) is 0 Å². The van der Waals surface area contributed by atoms with Crippen molar-refractivity contribution in [2.24, 2.45) is 4.99 Å². The van der Waals surface area contributed by atoms with Crippen LogP contribution in [0.25, 0.3) is 11.1 Å². The van der Waals surface area contributed by atoms with E-state index in [2.05, 4.69) is 17.1 Å². The first-order valence-electron chi connectivity index (χ1n) is 8.84. The summed E-state index contributed by atoms with van der Waals surface area (Å²) in [6.45, 7) is 0.642. The highest BCUT2D eigenvalue weighted by Crippen LogP contribution is 2.39. The van der Waals surface area contributed by atoms with Crippen LogP contribution in [0.1, 0.15) is 27.0 Å². The Bertz CT molecular complexity index is 1040. The first-order valence-corrected chi connectivity index (χ1v) is 8.84. The second kappa shape index (κ2) is 5.95. The van der Waals surface area contributed by atoms with Crippen molar-refractivity contribution in [2.75, 3.05) is 6.54 Å². The van der Waals surface area contributed by atoms with Gasteiger partial charge < -0.3 is 4.74 Å². The van der Waals surface area contributed by atoms with E-state index in [1.807, 2.05) is 60.7 Å². The van der Waals surface area contributed by atoms with E-state index in [1.54, 1.807) is 0 Å². The van der Waals surface area contributed by atoms with Crippen LogP contribution >= 0.6 is 0 Å². The molecule has 0 aromatic heterocycles. The molecule has 26 heavy (non-hydrogen) atoms. The number of hydrogen-bond donors (Lipinski definition) is 0. The lowest BCUT2D eigenvalue weighted by Gasteiger charge is -2.13. The Hall–Kier alpha value is -3.20. The van der Waals surface area contributed by atoms with E-state index in [1.165, 1.54) is 5.56 Å². The van der Waals surface area contributed by atoms with Crippen LogP contribution in [0.15, 0.2) is 77.8 Å². The second-order valence-corrected chi connectivity index (χ2v) is 6.68. The predicted octanol–water partition coefficient (Wildman–Crippen LogP) is 4.29. The molecule has 0 spiro atoms. The largest absolute Gasteiger partial charge is 0.472 e. The molecule has 126 valence electrons. The van der Waals surface area contributed by atoms with Crippen LogP contribution in [0, 0.1) is 0 Å². The number of ether oxygens (including phenoxy) is 1. The summed E-state index contributed by atoms with van der Waals surface area (Å²) in [6.07, 6.45) is 0.869. The van der Waals surface area contributed by atoms with E-state index >= 15 is 0 Å². The highest BCUT2D eigenvalue weighted by molar-refractivity contribution is 6.24. The summed E-state index contributed by atoms with van der Waals surface area (Å²) in [4.78, 5) is 17.3. The molecule has 1 aliphatic heterocycles. The lowest BCUT2D eigenvalue weighted by Crippen LogP contribution is -2.17. The summed E-state index contributed by atoms with van der Waals surface area (Å²) in [5, 5.41) is 0. The molecule has 0 saturated carbocycles. The van der Waals surface area contributed by atoms with Crippen LogP contribution in [0.4, 0.5) is 0 Å². The minimum atomic E-state index is 0.0376. The van der Waals surface area contributed by atoms with Gasteiger partial charge in [-0.1, -0.05) is 66.7 Å². The third kappa shape index (κ3) is 2.36. The van der Waals surface area contributed by atoms with Crippen molar-refractivity contribution < 1.29 is 9.53 Å². The highest BCUT2D eigenvalue weighted by Gasteiger charge is 2.31. The molecule has 1 heterocycles. The maximum atomic E-state index is 12.7.